The van der Waals surface area contributed by atoms with Crippen LogP contribution in [0, 0.1) is 11.8 Å². The molecule has 0 spiro atoms. The minimum absolute atomic E-state index is 0. The molecule has 2 N–H and O–H groups in total. The molecule has 1 amide bonds. The standard InChI is InChI=1S/C14H15ClN4OS.ClH/c1-8(9-6-16-7-9)12(20)17-14-19-18-13(21-14)10-4-2-3-5-11(10)15;/h2-5,8-9,16H,6-7H2,1H3,(H,17,19,20);1H. The van der Waals surface area contributed by atoms with E-state index in [0.717, 1.165) is 18.7 Å². The Labute approximate surface area is 143 Å². The third-order valence-corrected chi connectivity index (χ3v) is 4.89. The fourth-order valence-corrected chi connectivity index (χ4v) is 3.18. The van der Waals surface area contributed by atoms with E-state index in [1.807, 2.05) is 31.2 Å². The van der Waals surface area contributed by atoms with Gasteiger partial charge in [0.25, 0.3) is 0 Å². The molecule has 0 bridgehead atoms. The number of nitrogens with one attached hydrogen (secondary N) is 2. The largest absolute Gasteiger partial charge is 0.316 e. The van der Waals surface area contributed by atoms with Crippen LogP contribution in [0.4, 0.5) is 5.13 Å². The second-order valence-electron chi connectivity index (χ2n) is 5.09. The normalized spacial score (nSPS) is 15.5. The Balaban J connectivity index is 0.00000176. The summed E-state index contributed by atoms with van der Waals surface area (Å²) in [5.74, 6) is 0.364. The minimum atomic E-state index is -0.0288. The SMILES string of the molecule is CC(C(=O)Nc1nnc(-c2ccccc2Cl)s1)C1CNC1.Cl. The minimum Gasteiger partial charge on any atom is -0.316 e. The van der Waals surface area contributed by atoms with Crippen LogP contribution in [0.1, 0.15) is 6.92 Å². The van der Waals surface area contributed by atoms with Crippen molar-refractivity contribution < 1.29 is 4.79 Å². The van der Waals surface area contributed by atoms with Gasteiger partial charge in [-0.15, -0.1) is 22.6 Å². The van der Waals surface area contributed by atoms with Crippen LogP contribution < -0.4 is 10.6 Å². The summed E-state index contributed by atoms with van der Waals surface area (Å²) in [5.41, 5.74) is 0.827. The Morgan fingerprint density at radius 3 is 2.77 bits per heavy atom. The molecule has 1 aliphatic rings. The topological polar surface area (TPSA) is 66.9 Å². The first-order valence-corrected chi connectivity index (χ1v) is 7.94. The summed E-state index contributed by atoms with van der Waals surface area (Å²) in [6.45, 7) is 3.74. The van der Waals surface area contributed by atoms with Gasteiger partial charge in [0, 0.05) is 11.5 Å². The van der Waals surface area contributed by atoms with Gasteiger partial charge < -0.3 is 10.6 Å². The predicted octanol–water partition coefficient (Wildman–Crippen LogP) is 3.07. The van der Waals surface area contributed by atoms with E-state index in [1.54, 1.807) is 0 Å². The number of hydrogen-bond acceptors (Lipinski definition) is 5. The van der Waals surface area contributed by atoms with Gasteiger partial charge in [0.1, 0.15) is 0 Å². The molecule has 1 atom stereocenters. The fourth-order valence-electron chi connectivity index (χ4n) is 2.12. The van der Waals surface area contributed by atoms with Crippen molar-refractivity contribution in [2.24, 2.45) is 11.8 Å². The second kappa shape index (κ2) is 7.37. The number of rotatable bonds is 4. The lowest BCUT2D eigenvalue weighted by atomic mass is 9.88. The summed E-state index contributed by atoms with van der Waals surface area (Å²) in [6, 6.07) is 7.45. The molecule has 2 heterocycles. The van der Waals surface area contributed by atoms with Crippen molar-refractivity contribution in [2.75, 3.05) is 18.4 Å². The first-order valence-electron chi connectivity index (χ1n) is 6.75. The molecule has 0 saturated carbocycles. The molecular weight excluding hydrogens is 343 g/mol. The van der Waals surface area contributed by atoms with Gasteiger partial charge in [-0.3, -0.25) is 4.79 Å². The molecule has 1 fully saturated rings. The highest BCUT2D eigenvalue weighted by Crippen LogP contribution is 2.31. The van der Waals surface area contributed by atoms with Crippen LogP contribution in [0.25, 0.3) is 10.6 Å². The van der Waals surface area contributed by atoms with E-state index in [0.29, 0.717) is 21.1 Å². The summed E-state index contributed by atoms with van der Waals surface area (Å²) in [4.78, 5) is 12.1. The van der Waals surface area contributed by atoms with Crippen molar-refractivity contribution >= 4 is 46.4 Å². The lowest BCUT2D eigenvalue weighted by Crippen LogP contribution is -2.48. The molecular formula is C14H16Cl2N4OS. The van der Waals surface area contributed by atoms with Gasteiger partial charge >= 0.3 is 0 Å². The maximum Gasteiger partial charge on any atom is 0.229 e. The van der Waals surface area contributed by atoms with E-state index in [1.165, 1.54) is 11.3 Å². The summed E-state index contributed by atoms with van der Waals surface area (Å²) in [7, 11) is 0. The van der Waals surface area contributed by atoms with Crippen molar-refractivity contribution in [1.82, 2.24) is 15.5 Å². The van der Waals surface area contributed by atoms with E-state index < -0.39 is 0 Å². The van der Waals surface area contributed by atoms with Crippen LogP contribution in [0.15, 0.2) is 24.3 Å². The molecule has 2 aromatic rings. The van der Waals surface area contributed by atoms with Crippen molar-refractivity contribution in [1.29, 1.82) is 0 Å². The van der Waals surface area contributed by atoms with Gasteiger partial charge in [0.05, 0.1) is 5.02 Å². The number of amides is 1. The maximum atomic E-state index is 12.1. The second-order valence-corrected chi connectivity index (χ2v) is 6.47. The van der Waals surface area contributed by atoms with Crippen LogP contribution in [0.3, 0.4) is 0 Å². The Kier molecular flexibility index (Phi) is 5.74. The highest BCUT2D eigenvalue weighted by Gasteiger charge is 2.29. The monoisotopic (exact) mass is 358 g/mol. The molecule has 3 rings (SSSR count). The van der Waals surface area contributed by atoms with E-state index in [-0.39, 0.29) is 24.2 Å². The van der Waals surface area contributed by atoms with Crippen molar-refractivity contribution in [3.63, 3.8) is 0 Å². The van der Waals surface area contributed by atoms with Crippen molar-refractivity contribution in [2.45, 2.75) is 6.92 Å². The number of anilines is 1. The number of aromatic nitrogens is 2. The van der Waals surface area contributed by atoms with Crippen LogP contribution in [0.2, 0.25) is 5.02 Å². The molecule has 1 unspecified atom stereocenters. The zero-order valence-corrected chi connectivity index (χ0v) is 14.3. The number of carbonyl (C=O) groups excluding carboxylic acids is 1. The highest BCUT2D eigenvalue weighted by atomic mass is 35.5. The lowest BCUT2D eigenvalue weighted by molar-refractivity contribution is -0.121. The highest BCUT2D eigenvalue weighted by molar-refractivity contribution is 7.18. The Bertz CT molecular complexity index is 660. The van der Waals surface area contributed by atoms with Crippen LogP contribution in [0.5, 0.6) is 0 Å². The first kappa shape index (κ1) is 17.1. The summed E-state index contributed by atoms with van der Waals surface area (Å²) >= 11 is 7.47. The van der Waals surface area contributed by atoms with E-state index in [2.05, 4.69) is 20.8 Å². The Hall–Kier alpha value is -1.21. The number of halogens is 2. The van der Waals surface area contributed by atoms with Gasteiger partial charge in [-0.05, 0) is 25.1 Å². The molecule has 1 aliphatic heterocycles. The van der Waals surface area contributed by atoms with Gasteiger partial charge in [-0.25, -0.2) is 0 Å². The van der Waals surface area contributed by atoms with Gasteiger partial charge in [0.2, 0.25) is 11.0 Å². The molecule has 8 heteroatoms. The molecule has 118 valence electrons. The Morgan fingerprint density at radius 2 is 2.14 bits per heavy atom. The molecule has 0 radical (unpaired) electrons. The summed E-state index contributed by atoms with van der Waals surface area (Å²) in [5, 5.41) is 16.0. The molecule has 5 nitrogen and oxygen atoms in total. The average molecular weight is 359 g/mol. The Morgan fingerprint density at radius 1 is 1.41 bits per heavy atom. The zero-order valence-electron chi connectivity index (χ0n) is 11.9. The third kappa shape index (κ3) is 3.57. The summed E-state index contributed by atoms with van der Waals surface area (Å²) < 4.78 is 0. The number of hydrogen-bond donors (Lipinski definition) is 2. The molecule has 1 aromatic carbocycles. The summed E-state index contributed by atoms with van der Waals surface area (Å²) in [6.07, 6.45) is 0. The first-order chi connectivity index (χ1) is 10.1. The van der Waals surface area contributed by atoms with Gasteiger partial charge in [0.15, 0.2) is 5.01 Å². The van der Waals surface area contributed by atoms with E-state index in [9.17, 15) is 4.79 Å². The van der Waals surface area contributed by atoms with E-state index >= 15 is 0 Å². The number of benzene rings is 1. The van der Waals surface area contributed by atoms with Crippen LogP contribution in [-0.2, 0) is 4.79 Å². The van der Waals surface area contributed by atoms with Gasteiger partial charge in [-0.2, -0.15) is 0 Å². The average Bonchev–Trinajstić information content (AvgIpc) is 2.85. The molecule has 22 heavy (non-hydrogen) atoms. The smallest absolute Gasteiger partial charge is 0.229 e. The molecule has 1 aromatic heterocycles. The third-order valence-electron chi connectivity index (χ3n) is 3.69. The van der Waals surface area contributed by atoms with Crippen molar-refractivity contribution in [3.8, 4) is 10.6 Å². The van der Waals surface area contributed by atoms with Gasteiger partial charge in [-0.1, -0.05) is 48.1 Å². The van der Waals surface area contributed by atoms with Crippen molar-refractivity contribution in [3.05, 3.63) is 29.3 Å². The number of carbonyl (C=O) groups is 1. The number of nitrogens with zero attached hydrogens (tertiary/aromatic N) is 2. The lowest BCUT2D eigenvalue weighted by Gasteiger charge is -2.31. The maximum absolute atomic E-state index is 12.1. The molecule has 0 aliphatic carbocycles. The zero-order chi connectivity index (χ0) is 14.8. The van der Waals surface area contributed by atoms with Crippen LogP contribution in [-0.4, -0.2) is 29.2 Å². The fraction of sp³-hybridized carbons (Fsp3) is 0.357. The quantitative estimate of drug-likeness (QED) is 0.881. The van der Waals surface area contributed by atoms with Crippen LogP contribution >= 0.6 is 35.3 Å². The van der Waals surface area contributed by atoms with E-state index in [4.69, 9.17) is 11.6 Å². The predicted molar refractivity (Wildman–Crippen MR) is 91.8 cm³/mol. The molecule has 1 saturated heterocycles.